The van der Waals surface area contributed by atoms with Gasteiger partial charge in [0.15, 0.2) is 11.6 Å². The predicted molar refractivity (Wildman–Crippen MR) is 161 cm³/mol. The molecule has 0 unspecified atom stereocenters. The number of rotatable bonds is 11. The van der Waals surface area contributed by atoms with E-state index in [1.165, 1.54) is 30.3 Å². The molecule has 4 rings (SSSR count). The molecule has 1 aliphatic heterocycles. The second-order valence-corrected chi connectivity index (χ2v) is 10.8. The highest BCUT2D eigenvalue weighted by atomic mass is 19.2. The zero-order valence-corrected chi connectivity index (χ0v) is 25.5. The van der Waals surface area contributed by atoms with Gasteiger partial charge in [-0.15, -0.1) is 0 Å². The Bertz CT molecular complexity index is 1440. The summed E-state index contributed by atoms with van der Waals surface area (Å²) in [7, 11) is 1.66. The van der Waals surface area contributed by atoms with Crippen molar-refractivity contribution in [2.45, 2.75) is 38.0 Å². The normalized spacial score (nSPS) is 17.3. The molecule has 46 heavy (non-hydrogen) atoms. The fraction of sp³-hybridized carbons (Fsp3) is 0.333. The van der Waals surface area contributed by atoms with E-state index in [0.717, 1.165) is 42.4 Å². The van der Waals surface area contributed by atoms with Crippen LogP contribution in [0.1, 0.15) is 43.3 Å². The average Bonchev–Trinajstić information content (AvgIpc) is 3.39. The Hall–Kier alpha value is -4.72. The number of esters is 2. The summed E-state index contributed by atoms with van der Waals surface area (Å²) in [6.45, 7) is 6.56. The van der Waals surface area contributed by atoms with Gasteiger partial charge in [0.25, 0.3) is 0 Å². The zero-order valence-electron chi connectivity index (χ0n) is 25.5. The molecule has 3 aromatic rings. The molecule has 0 spiro atoms. The van der Waals surface area contributed by atoms with Crippen LogP contribution >= 0.6 is 0 Å². The van der Waals surface area contributed by atoms with E-state index in [1.54, 1.807) is 51.3 Å². The summed E-state index contributed by atoms with van der Waals surface area (Å²) < 4.78 is 40.8. The van der Waals surface area contributed by atoms with Crippen LogP contribution in [0.3, 0.4) is 0 Å². The number of aryl methyl sites for hydroxylation is 2. The van der Waals surface area contributed by atoms with Crippen LogP contribution in [0, 0.1) is 25.5 Å². The van der Waals surface area contributed by atoms with Gasteiger partial charge >= 0.3 is 23.9 Å². The van der Waals surface area contributed by atoms with Gasteiger partial charge in [-0.3, -0.25) is 4.90 Å². The molecule has 0 aliphatic carbocycles. The van der Waals surface area contributed by atoms with E-state index in [4.69, 9.17) is 19.9 Å². The number of ether oxygens (including phenoxy) is 3. The Balaban J connectivity index is 0.000000275. The molecule has 1 saturated heterocycles. The van der Waals surface area contributed by atoms with Crippen LogP contribution in [-0.2, 0) is 23.8 Å². The molecule has 246 valence electrons. The third-order valence-electron chi connectivity index (χ3n) is 7.23. The lowest BCUT2D eigenvalue weighted by Crippen LogP contribution is -2.45. The lowest BCUT2D eigenvalue weighted by atomic mass is 9.95. The number of halogens is 2. The largest absolute Gasteiger partial charge is 0.478 e. The first-order valence-corrected chi connectivity index (χ1v) is 14.2. The number of hydrogen-bond acceptors (Lipinski definition) is 9. The van der Waals surface area contributed by atoms with Crippen molar-refractivity contribution in [3.05, 3.63) is 106 Å². The first-order chi connectivity index (χ1) is 21.8. The van der Waals surface area contributed by atoms with Crippen LogP contribution in [0.5, 0.6) is 0 Å². The fourth-order valence-electron chi connectivity index (χ4n) is 4.64. The van der Waals surface area contributed by atoms with Crippen molar-refractivity contribution >= 4 is 23.9 Å². The molecule has 4 atom stereocenters. The highest BCUT2D eigenvalue weighted by molar-refractivity contribution is 5.95. The number of methoxy groups -OCH3 is 1. The summed E-state index contributed by atoms with van der Waals surface area (Å²) in [6.07, 6.45) is -4.44. The maximum atomic E-state index is 13.2. The van der Waals surface area contributed by atoms with Crippen LogP contribution in [0.15, 0.2) is 66.7 Å². The van der Waals surface area contributed by atoms with Crippen molar-refractivity contribution in [3.63, 3.8) is 0 Å². The Morgan fingerprint density at radius 2 is 1.28 bits per heavy atom. The van der Waals surface area contributed by atoms with Crippen molar-refractivity contribution in [1.29, 1.82) is 0 Å². The number of carboxylic acid groups (broad SMARTS) is 2. The minimum absolute atomic E-state index is 0.0332. The van der Waals surface area contributed by atoms with E-state index in [9.17, 15) is 38.2 Å². The molecule has 1 heterocycles. The van der Waals surface area contributed by atoms with E-state index in [2.05, 4.69) is 4.90 Å². The van der Waals surface area contributed by atoms with Crippen LogP contribution in [0.2, 0.25) is 0 Å². The van der Waals surface area contributed by atoms with Crippen LogP contribution in [0.25, 0.3) is 0 Å². The van der Waals surface area contributed by atoms with E-state index >= 15 is 0 Å². The second kappa shape index (κ2) is 16.5. The number of likely N-dealkylation sites (tertiary alicyclic amines) is 1. The van der Waals surface area contributed by atoms with Gasteiger partial charge in [0, 0.05) is 38.7 Å². The van der Waals surface area contributed by atoms with Crippen molar-refractivity contribution in [2.75, 3.05) is 33.4 Å². The van der Waals surface area contributed by atoms with Gasteiger partial charge in [0.05, 0.1) is 17.7 Å². The van der Waals surface area contributed by atoms with Gasteiger partial charge < -0.3 is 30.2 Å². The number of aliphatic carboxylic acids is 2. The molecule has 13 heteroatoms. The Morgan fingerprint density at radius 3 is 1.70 bits per heavy atom. The molecule has 0 bridgehead atoms. The lowest BCUT2D eigenvalue weighted by Gasteiger charge is -2.21. The lowest BCUT2D eigenvalue weighted by molar-refractivity contribution is -0.166. The molecule has 0 amide bonds. The maximum Gasteiger partial charge on any atom is 0.349 e. The first kappa shape index (κ1) is 35.8. The summed E-state index contributed by atoms with van der Waals surface area (Å²) in [5, 5.41) is 18.6. The van der Waals surface area contributed by atoms with Crippen LogP contribution in [-0.4, -0.2) is 90.6 Å². The van der Waals surface area contributed by atoms with Crippen molar-refractivity contribution < 1.29 is 52.4 Å². The quantitative estimate of drug-likeness (QED) is 0.262. The Morgan fingerprint density at radius 1 is 0.804 bits per heavy atom. The Kier molecular flexibility index (Phi) is 12.9. The van der Waals surface area contributed by atoms with Crippen LogP contribution in [0.4, 0.5) is 8.78 Å². The summed E-state index contributed by atoms with van der Waals surface area (Å²) in [4.78, 5) is 49.5. The highest BCUT2D eigenvalue weighted by Gasteiger charge is 2.41. The average molecular weight is 643 g/mol. The minimum Gasteiger partial charge on any atom is -0.478 e. The van der Waals surface area contributed by atoms with Gasteiger partial charge in [-0.2, -0.15) is 0 Å². The molecule has 0 saturated carbocycles. The number of nitrogens with two attached hydrogens (primary N) is 1. The van der Waals surface area contributed by atoms with E-state index in [0.29, 0.717) is 6.61 Å². The van der Waals surface area contributed by atoms with Crippen molar-refractivity contribution in [2.24, 2.45) is 5.73 Å². The van der Waals surface area contributed by atoms with Crippen LogP contribution < -0.4 is 5.73 Å². The van der Waals surface area contributed by atoms with E-state index in [1.807, 2.05) is 0 Å². The van der Waals surface area contributed by atoms with Gasteiger partial charge in [0.2, 0.25) is 12.2 Å². The monoisotopic (exact) mass is 642 g/mol. The van der Waals surface area contributed by atoms with E-state index < -0.39 is 47.7 Å². The van der Waals surface area contributed by atoms with Gasteiger partial charge in [-0.05, 0) is 55.8 Å². The van der Waals surface area contributed by atoms with Crippen molar-refractivity contribution in [1.82, 2.24) is 4.90 Å². The third-order valence-corrected chi connectivity index (χ3v) is 7.23. The molecule has 4 N–H and O–H groups in total. The zero-order chi connectivity index (χ0) is 34.0. The second-order valence-electron chi connectivity index (χ2n) is 10.8. The molecule has 1 aliphatic rings. The molecule has 0 aromatic heterocycles. The SMILES string of the molecule is COCCN1C[C@@H](N)[C@H](c2ccc(F)c(F)c2)C1.Cc1ccc(C(=O)O[C@H](C(=O)O)[C@H](OC(=O)c2ccc(C)cc2)C(=O)O)cc1. The molecular weight excluding hydrogens is 606 g/mol. The van der Waals surface area contributed by atoms with E-state index in [-0.39, 0.29) is 23.1 Å². The highest BCUT2D eigenvalue weighted by Crippen LogP contribution is 2.27. The first-order valence-electron chi connectivity index (χ1n) is 14.2. The molecule has 1 fully saturated rings. The number of benzene rings is 3. The summed E-state index contributed by atoms with van der Waals surface area (Å²) in [5.41, 5.74) is 8.62. The third kappa shape index (κ3) is 9.89. The fourth-order valence-corrected chi connectivity index (χ4v) is 4.64. The number of carbonyl (C=O) groups excluding carboxylic acids is 2. The standard InChI is InChI=1S/C20H18O8.C13H18F2N2O/c1-11-3-7-13(8-4-11)19(25)27-15(17(21)22)16(18(23)24)28-20(26)14-9-5-12(2)6-10-14;1-18-5-4-17-7-10(13(16)8-17)9-2-3-11(14)12(15)6-9/h3-10,15-16H,1-2H3,(H,21,22)(H,23,24);2-3,6,10,13H,4-5,7-8,16H2,1H3/t15-,16-;10-,13+/m00/s1. The van der Waals surface area contributed by atoms with Gasteiger partial charge in [0.1, 0.15) is 0 Å². The number of carboxylic acids is 2. The summed E-state index contributed by atoms with van der Waals surface area (Å²) in [5.74, 6) is -7.20. The van der Waals surface area contributed by atoms with Gasteiger partial charge in [-0.25, -0.2) is 28.0 Å². The molecule has 0 radical (unpaired) electrons. The molecular formula is C33H36F2N2O9. The smallest absolute Gasteiger partial charge is 0.349 e. The number of carbonyl (C=O) groups is 4. The number of nitrogens with zero attached hydrogens (tertiary/aromatic N) is 1. The summed E-state index contributed by atoms with van der Waals surface area (Å²) >= 11 is 0. The molecule has 3 aromatic carbocycles. The maximum absolute atomic E-state index is 13.2. The number of hydrogen-bond donors (Lipinski definition) is 3. The predicted octanol–water partition coefficient (Wildman–Crippen LogP) is 3.56. The van der Waals surface area contributed by atoms with Gasteiger partial charge in [-0.1, -0.05) is 41.5 Å². The Labute approximate surface area is 264 Å². The minimum atomic E-state index is -2.22. The molecule has 11 nitrogen and oxygen atoms in total. The van der Waals surface area contributed by atoms with Crippen molar-refractivity contribution in [3.8, 4) is 0 Å². The summed E-state index contributed by atoms with van der Waals surface area (Å²) in [6, 6.07) is 16.0. The topological polar surface area (TPSA) is 166 Å².